The molecule has 0 fully saturated rings. The van der Waals surface area contributed by atoms with Gasteiger partial charge in [0.1, 0.15) is 43.4 Å². The first-order valence-corrected chi connectivity index (χ1v) is 15.9. The molecular formula is C37H44O14. The summed E-state index contributed by atoms with van der Waals surface area (Å²) in [5, 5.41) is 9.78. The molecule has 0 aliphatic heterocycles. The molecule has 0 radical (unpaired) electrons. The van der Waals surface area contributed by atoms with Crippen molar-refractivity contribution in [3.8, 4) is 17.2 Å². The second-order valence-electron chi connectivity index (χ2n) is 10.4. The fourth-order valence-electron chi connectivity index (χ4n) is 4.21. The van der Waals surface area contributed by atoms with Crippen LogP contribution in [0.2, 0.25) is 0 Å². The van der Waals surface area contributed by atoms with Crippen LogP contribution in [0.3, 0.4) is 0 Å². The fourth-order valence-corrected chi connectivity index (χ4v) is 4.21. The summed E-state index contributed by atoms with van der Waals surface area (Å²) in [5.41, 5.74) is 3.79. The molecule has 0 saturated carbocycles. The highest BCUT2D eigenvalue weighted by atomic mass is 17.2. The average molecular weight is 713 g/mol. The number of hydrogen-bond donors (Lipinski definition) is 1. The maximum atomic E-state index is 12.0. The zero-order chi connectivity index (χ0) is 37.1. The molecule has 0 aliphatic carbocycles. The highest BCUT2D eigenvalue weighted by molar-refractivity contribution is 5.64. The quantitative estimate of drug-likeness (QED) is 0.0175. The van der Waals surface area contributed by atoms with Crippen molar-refractivity contribution >= 4 is 25.0 Å². The number of ether oxygens (including phenoxy) is 3. The number of carbonyl (C=O) groups is 3. The fraction of sp³-hybridized carbons (Fsp3) is 0.324. The van der Waals surface area contributed by atoms with Crippen molar-refractivity contribution in [1.82, 2.24) is 0 Å². The van der Waals surface area contributed by atoms with Crippen LogP contribution in [0.25, 0.3) is 5.57 Å². The zero-order valence-electron chi connectivity index (χ0n) is 28.5. The molecule has 0 spiro atoms. The van der Waals surface area contributed by atoms with Gasteiger partial charge in [-0.05, 0) is 96.8 Å². The third-order valence-corrected chi connectivity index (χ3v) is 6.72. The van der Waals surface area contributed by atoms with E-state index < -0.39 is 12.3 Å². The van der Waals surface area contributed by atoms with Crippen molar-refractivity contribution in [3.63, 3.8) is 0 Å². The highest BCUT2D eigenvalue weighted by Crippen LogP contribution is 2.32. The first-order valence-electron chi connectivity index (χ1n) is 15.9. The van der Waals surface area contributed by atoms with E-state index in [4.69, 9.17) is 43.4 Å². The molecule has 14 nitrogen and oxygen atoms in total. The van der Waals surface area contributed by atoms with Crippen molar-refractivity contribution < 1.29 is 68.1 Å². The van der Waals surface area contributed by atoms with Crippen molar-refractivity contribution in [2.45, 2.75) is 38.7 Å². The molecule has 3 rings (SSSR count). The molecule has 51 heavy (non-hydrogen) atoms. The van der Waals surface area contributed by atoms with Gasteiger partial charge in [0.25, 0.3) is 0 Å². The summed E-state index contributed by atoms with van der Waals surface area (Å²) in [6.07, 6.45) is 2.59. The minimum Gasteiger partial charge on any atom is -0.457 e. The summed E-state index contributed by atoms with van der Waals surface area (Å²) in [4.78, 5) is 63.7. The molecule has 0 amide bonds. The average Bonchev–Trinajstić information content (AvgIpc) is 3.15. The smallest absolute Gasteiger partial charge is 0.457 e. The van der Waals surface area contributed by atoms with Crippen LogP contribution in [0.4, 0.5) is 4.79 Å². The highest BCUT2D eigenvalue weighted by Gasteiger charge is 2.17. The lowest BCUT2D eigenvalue weighted by Crippen LogP contribution is -2.11. The van der Waals surface area contributed by atoms with Crippen LogP contribution in [0.1, 0.15) is 54.0 Å². The Morgan fingerprint density at radius 1 is 0.784 bits per heavy atom. The van der Waals surface area contributed by atoms with E-state index in [-0.39, 0.29) is 26.3 Å². The van der Waals surface area contributed by atoms with Gasteiger partial charge in [0.15, 0.2) is 0 Å². The maximum Gasteiger partial charge on any atom is 0.513 e. The SMILES string of the molecule is C=CCOOCCCCOC(=O)Oc1ccc(Oc2ccc(C(OO)c3ccc(C(=C)COOCCCCOOC=O)cc3)cc2C)cc1.C=O. The van der Waals surface area contributed by atoms with Crippen molar-refractivity contribution in [2.24, 2.45) is 0 Å². The molecule has 1 atom stereocenters. The molecule has 1 unspecified atom stereocenters. The largest absolute Gasteiger partial charge is 0.513 e. The number of rotatable bonds is 25. The molecule has 3 aromatic carbocycles. The second-order valence-corrected chi connectivity index (χ2v) is 10.4. The van der Waals surface area contributed by atoms with E-state index in [2.05, 4.69) is 22.9 Å². The lowest BCUT2D eigenvalue weighted by Gasteiger charge is -2.17. The molecule has 0 heterocycles. The van der Waals surface area contributed by atoms with Gasteiger partial charge in [-0.15, -0.1) is 6.58 Å². The predicted molar refractivity (Wildman–Crippen MR) is 183 cm³/mol. The van der Waals surface area contributed by atoms with Gasteiger partial charge in [0, 0.05) is 0 Å². The summed E-state index contributed by atoms with van der Waals surface area (Å²) < 4.78 is 16.3. The van der Waals surface area contributed by atoms with Crippen LogP contribution >= 0.6 is 0 Å². The summed E-state index contributed by atoms with van der Waals surface area (Å²) >= 11 is 0. The number of hydrogen-bond acceptors (Lipinski definition) is 14. The summed E-state index contributed by atoms with van der Waals surface area (Å²) in [6, 6.07) is 19.4. The molecule has 1 N–H and O–H groups in total. The van der Waals surface area contributed by atoms with Crippen molar-refractivity contribution in [3.05, 3.63) is 108 Å². The minimum atomic E-state index is -0.803. The first kappa shape index (κ1) is 42.2. The predicted octanol–water partition coefficient (Wildman–Crippen LogP) is 7.46. The number of aryl methyl sites for hydroxylation is 1. The lowest BCUT2D eigenvalue weighted by atomic mass is 9.97. The molecule has 0 saturated heterocycles. The molecule has 0 bridgehead atoms. The monoisotopic (exact) mass is 712 g/mol. The zero-order valence-corrected chi connectivity index (χ0v) is 28.5. The van der Waals surface area contributed by atoms with Crippen molar-refractivity contribution in [1.29, 1.82) is 0 Å². The Kier molecular flexibility index (Phi) is 21.5. The molecule has 0 aromatic heterocycles. The molecule has 0 aliphatic rings. The summed E-state index contributed by atoms with van der Waals surface area (Å²) in [6.45, 7) is 13.3. The van der Waals surface area contributed by atoms with Gasteiger partial charge in [-0.25, -0.2) is 29.2 Å². The van der Waals surface area contributed by atoms with E-state index in [1.807, 2.05) is 44.0 Å². The normalized spacial score (nSPS) is 11.0. The van der Waals surface area contributed by atoms with E-state index in [0.717, 1.165) is 22.3 Å². The van der Waals surface area contributed by atoms with Gasteiger partial charge in [-0.2, -0.15) is 4.89 Å². The molecule has 276 valence electrons. The Bertz CT molecular complexity index is 1440. The van der Waals surface area contributed by atoms with Gasteiger partial charge in [-0.3, -0.25) is 10.1 Å². The van der Waals surface area contributed by atoms with Crippen LogP contribution in [0.15, 0.2) is 86.0 Å². The molecule has 14 heteroatoms. The third-order valence-electron chi connectivity index (χ3n) is 6.72. The van der Waals surface area contributed by atoms with Gasteiger partial charge in [0.05, 0.1) is 26.4 Å². The number of unbranched alkanes of at least 4 members (excludes halogenated alkanes) is 2. The van der Waals surface area contributed by atoms with E-state index >= 15 is 0 Å². The Hall–Kier alpha value is -4.93. The second kappa shape index (κ2) is 26.0. The van der Waals surface area contributed by atoms with Gasteiger partial charge < -0.3 is 23.9 Å². The van der Waals surface area contributed by atoms with Crippen LogP contribution in [0.5, 0.6) is 17.2 Å². The van der Waals surface area contributed by atoms with Crippen molar-refractivity contribution in [2.75, 3.05) is 39.6 Å². The van der Waals surface area contributed by atoms with E-state index in [9.17, 15) is 14.8 Å². The lowest BCUT2D eigenvalue weighted by molar-refractivity contribution is -0.287. The molecular weight excluding hydrogens is 668 g/mol. The van der Waals surface area contributed by atoms with Crippen LogP contribution < -0.4 is 9.47 Å². The Morgan fingerprint density at radius 2 is 1.39 bits per heavy atom. The van der Waals surface area contributed by atoms with Gasteiger partial charge in [-0.1, -0.05) is 43.0 Å². The van der Waals surface area contributed by atoms with Gasteiger partial charge >= 0.3 is 12.6 Å². The first-order chi connectivity index (χ1) is 24.9. The standard InChI is InChI=1S/C36H42O13.CH2O/c1-4-19-41-42-21-6-5-20-40-36(38)48-33-16-14-32(15-17-33)47-34-18-13-31(24-27(34)2)35(49-39)30-11-9-29(10-12-30)28(3)25-45-43-22-7-8-23-44-46-26-37;1-2/h4,9-18,24,26,35,39H,1,3,5-8,19-23,25H2,2H3;1H2. The van der Waals surface area contributed by atoms with Crippen LogP contribution in [-0.2, 0) is 48.5 Å². The number of carbonyl (C=O) groups excluding carboxylic acids is 3. The Labute approximate surface area is 296 Å². The maximum absolute atomic E-state index is 12.0. The van der Waals surface area contributed by atoms with E-state index in [1.54, 1.807) is 42.5 Å². The summed E-state index contributed by atoms with van der Waals surface area (Å²) in [7, 11) is 0. The number of benzene rings is 3. The van der Waals surface area contributed by atoms with Gasteiger partial charge in [0.2, 0.25) is 0 Å². The summed E-state index contributed by atoms with van der Waals surface area (Å²) in [5.74, 6) is 1.44. The third kappa shape index (κ3) is 16.6. The Morgan fingerprint density at radius 3 is 2.02 bits per heavy atom. The molecule has 3 aromatic rings. The van der Waals surface area contributed by atoms with Crippen LogP contribution in [0, 0.1) is 6.92 Å². The topological polar surface area (TPSA) is 164 Å². The Balaban J connectivity index is 0.00000442. The van der Waals surface area contributed by atoms with E-state index in [1.165, 1.54) is 0 Å². The van der Waals surface area contributed by atoms with E-state index in [0.29, 0.717) is 68.3 Å². The van der Waals surface area contributed by atoms with Crippen LogP contribution in [-0.4, -0.2) is 64.3 Å². The minimum absolute atomic E-state index is 0.164.